The van der Waals surface area contributed by atoms with Gasteiger partial charge < -0.3 is 5.73 Å². The number of hydrogen-bond acceptors (Lipinski definition) is 3. The van der Waals surface area contributed by atoms with Crippen LogP contribution in [0.4, 0.5) is 5.69 Å². The van der Waals surface area contributed by atoms with Crippen molar-refractivity contribution in [1.82, 2.24) is 0 Å². The summed E-state index contributed by atoms with van der Waals surface area (Å²) < 4.78 is 22.5. The maximum atomic E-state index is 11.3. The van der Waals surface area contributed by atoms with E-state index in [-0.39, 0.29) is 4.90 Å². The van der Waals surface area contributed by atoms with Gasteiger partial charge in [0.25, 0.3) is 0 Å². The maximum Gasteiger partial charge on any atom is 0.177 e. The highest BCUT2D eigenvalue weighted by Crippen LogP contribution is 2.23. The topological polar surface area (TPSA) is 60.2 Å². The van der Waals surface area contributed by atoms with Gasteiger partial charge in [0.1, 0.15) is 0 Å². The molecule has 0 spiro atoms. The summed E-state index contributed by atoms with van der Waals surface area (Å²) in [6.07, 6.45) is 1.16. The molecule has 0 amide bonds. The van der Waals surface area contributed by atoms with Crippen LogP contribution in [0.1, 0.15) is 25.3 Å². The minimum Gasteiger partial charge on any atom is -0.398 e. The Morgan fingerprint density at radius 2 is 1.86 bits per heavy atom. The van der Waals surface area contributed by atoms with Crippen molar-refractivity contribution in [3.8, 4) is 0 Å². The molecule has 0 aliphatic carbocycles. The van der Waals surface area contributed by atoms with Gasteiger partial charge in [0.05, 0.1) is 10.6 Å². The quantitative estimate of drug-likeness (QED) is 0.762. The summed E-state index contributed by atoms with van der Waals surface area (Å²) in [5.74, 6) is 0.353. The van der Waals surface area contributed by atoms with Gasteiger partial charge in [-0.15, -0.1) is 0 Å². The lowest BCUT2D eigenvalue weighted by atomic mass is 10.0. The predicted octanol–water partition coefficient (Wildman–Crippen LogP) is 1.80. The Morgan fingerprint density at radius 1 is 1.29 bits per heavy atom. The van der Waals surface area contributed by atoms with Gasteiger partial charge in [-0.2, -0.15) is 0 Å². The van der Waals surface area contributed by atoms with Crippen LogP contribution in [0, 0.1) is 0 Å². The average molecular weight is 213 g/mol. The minimum absolute atomic E-state index is 0.210. The fourth-order valence-electron chi connectivity index (χ4n) is 1.26. The summed E-state index contributed by atoms with van der Waals surface area (Å²) in [7, 11) is -3.20. The van der Waals surface area contributed by atoms with E-state index in [0.29, 0.717) is 11.6 Å². The van der Waals surface area contributed by atoms with Gasteiger partial charge in [0.2, 0.25) is 0 Å². The van der Waals surface area contributed by atoms with Gasteiger partial charge in [0, 0.05) is 6.26 Å². The summed E-state index contributed by atoms with van der Waals surface area (Å²) >= 11 is 0. The van der Waals surface area contributed by atoms with Crippen LogP contribution >= 0.6 is 0 Å². The smallest absolute Gasteiger partial charge is 0.177 e. The van der Waals surface area contributed by atoms with Crippen LogP contribution in [0.15, 0.2) is 23.1 Å². The normalized spacial score (nSPS) is 12.0. The first-order valence-electron chi connectivity index (χ1n) is 4.42. The van der Waals surface area contributed by atoms with Gasteiger partial charge in [-0.3, -0.25) is 0 Å². The molecule has 78 valence electrons. The van der Waals surface area contributed by atoms with E-state index in [1.807, 2.05) is 13.8 Å². The Morgan fingerprint density at radius 3 is 2.21 bits per heavy atom. The van der Waals surface area contributed by atoms with Crippen molar-refractivity contribution in [1.29, 1.82) is 0 Å². The van der Waals surface area contributed by atoms with Gasteiger partial charge in [-0.05, 0) is 23.6 Å². The third kappa shape index (κ3) is 2.26. The van der Waals surface area contributed by atoms with E-state index in [4.69, 9.17) is 5.73 Å². The molecule has 1 aromatic rings. The van der Waals surface area contributed by atoms with Crippen LogP contribution in [-0.2, 0) is 9.84 Å². The molecule has 0 fully saturated rings. The molecule has 0 aromatic heterocycles. The molecule has 0 saturated heterocycles. The van der Waals surface area contributed by atoms with E-state index < -0.39 is 9.84 Å². The second-order valence-corrected chi connectivity index (χ2v) is 5.71. The van der Waals surface area contributed by atoms with Crippen molar-refractivity contribution >= 4 is 15.5 Å². The van der Waals surface area contributed by atoms with Crippen molar-refractivity contribution < 1.29 is 8.42 Å². The van der Waals surface area contributed by atoms with E-state index in [1.54, 1.807) is 18.2 Å². The summed E-state index contributed by atoms with van der Waals surface area (Å²) in [4.78, 5) is 0.210. The number of hydrogen-bond donors (Lipinski definition) is 1. The first kappa shape index (κ1) is 11.0. The lowest BCUT2D eigenvalue weighted by Crippen LogP contribution is -2.03. The molecule has 1 rings (SSSR count). The second kappa shape index (κ2) is 3.61. The summed E-state index contributed by atoms with van der Waals surface area (Å²) in [5, 5.41) is 0. The molecular formula is C10H15NO2S. The van der Waals surface area contributed by atoms with E-state index in [2.05, 4.69) is 0 Å². The van der Waals surface area contributed by atoms with Crippen molar-refractivity contribution in [2.45, 2.75) is 24.7 Å². The zero-order valence-electron chi connectivity index (χ0n) is 8.61. The van der Waals surface area contributed by atoms with Gasteiger partial charge >= 0.3 is 0 Å². The summed E-state index contributed by atoms with van der Waals surface area (Å²) in [5.41, 5.74) is 7.05. The summed E-state index contributed by atoms with van der Waals surface area (Å²) in [6.45, 7) is 4.07. The van der Waals surface area contributed by atoms with E-state index in [0.717, 1.165) is 11.8 Å². The first-order valence-corrected chi connectivity index (χ1v) is 6.31. The number of sulfone groups is 1. The van der Waals surface area contributed by atoms with Gasteiger partial charge in [0.15, 0.2) is 9.84 Å². The van der Waals surface area contributed by atoms with E-state index in [1.165, 1.54) is 0 Å². The largest absolute Gasteiger partial charge is 0.398 e. The zero-order chi connectivity index (χ0) is 10.9. The van der Waals surface area contributed by atoms with Crippen LogP contribution in [0.2, 0.25) is 0 Å². The molecule has 0 radical (unpaired) electrons. The van der Waals surface area contributed by atoms with Crippen LogP contribution in [0.5, 0.6) is 0 Å². The molecular weight excluding hydrogens is 198 g/mol. The van der Waals surface area contributed by atoms with Crippen LogP contribution in [0.25, 0.3) is 0 Å². The van der Waals surface area contributed by atoms with Crippen molar-refractivity contribution in [2.75, 3.05) is 12.0 Å². The molecule has 0 aliphatic rings. The number of nitrogen functional groups attached to an aromatic ring is 1. The number of benzene rings is 1. The molecule has 0 aliphatic heterocycles. The Kier molecular flexibility index (Phi) is 2.85. The highest BCUT2D eigenvalue weighted by Gasteiger charge is 2.12. The molecule has 0 heterocycles. The SMILES string of the molecule is CC(C)c1ccc(S(C)(=O)=O)c(N)c1. The lowest BCUT2D eigenvalue weighted by molar-refractivity contribution is 0.602. The third-order valence-electron chi connectivity index (χ3n) is 2.10. The molecule has 14 heavy (non-hydrogen) atoms. The third-order valence-corrected chi connectivity index (χ3v) is 3.27. The standard InChI is InChI=1S/C10H15NO2S/c1-7(2)8-4-5-10(9(11)6-8)14(3,12)13/h4-7H,11H2,1-3H3. The molecule has 0 atom stereocenters. The number of rotatable bonds is 2. The fourth-order valence-corrected chi connectivity index (χ4v) is 2.07. The Bertz CT molecular complexity index is 435. The average Bonchev–Trinajstić information content (AvgIpc) is 2.01. The van der Waals surface area contributed by atoms with Crippen LogP contribution in [-0.4, -0.2) is 14.7 Å². The van der Waals surface area contributed by atoms with E-state index >= 15 is 0 Å². The Labute approximate surface area is 84.9 Å². The number of nitrogens with two attached hydrogens (primary N) is 1. The van der Waals surface area contributed by atoms with Crippen LogP contribution in [0.3, 0.4) is 0 Å². The number of anilines is 1. The van der Waals surface area contributed by atoms with Crippen molar-refractivity contribution in [3.63, 3.8) is 0 Å². The highest BCUT2D eigenvalue weighted by molar-refractivity contribution is 7.90. The molecule has 4 heteroatoms. The minimum atomic E-state index is -3.20. The van der Waals surface area contributed by atoms with Crippen LogP contribution < -0.4 is 5.73 Å². The zero-order valence-corrected chi connectivity index (χ0v) is 9.43. The monoisotopic (exact) mass is 213 g/mol. The Balaban J connectivity index is 3.28. The predicted molar refractivity (Wildman–Crippen MR) is 58.1 cm³/mol. The maximum absolute atomic E-state index is 11.3. The van der Waals surface area contributed by atoms with Gasteiger partial charge in [-0.1, -0.05) is 19.9 Å². The highest BCUT2D eigenvalue weighted by atomic mass is 32.2. The second-order valence-electron chi connectivity index (χ2n) is 3.72. The Hall–Kier alpha value is -1.03. The van der Waals surface area contributed by atoms with Crippen molar-refractivity contribution in [3.05, 3.63) is 23.8 Å². The molecule has 0 unspecified atom stereocenters. The first-order chi connectivity index (χ1) is 6.32. The molecule has 0 saturated carbocycles. The lowest BCUT2D eigenvalue weighted by Gasteiger charge is -2.09. The molecule has 0 bridgehead atoms. The van der Waals surface area contributed by atoms with Crippen molar-refractivity contribution in [2.24, 2.45) is 0 Å². The van der Waals surface area contributed by atoms with E-state index in [9.17, 15) is 8.42 Å². The summed E-state index contributed by atoms with van der Waals surface area (Å²) in [6, 6.07) is 5.10. The molecule has 3 nitrogen and oxygen atoms in total. The van der Waals surface area contributed by atoms with Gasteiger partial charge in [-0.25, -0.2) is 8.42 Å². The molecule has 2 N–H and O–H groups in total. The fraction of sp³-hybridized carbons (Fsp3) is 0.400. The molecule has 1 aromatic carbocycles.